The third-order valence-corrected chi connectivity index (χ3v) is 3.23. The van der Waals surface area contributed by atoms with Gasteiger partial charge in [-0.1, -0.05) is 6.07 Å². The van der Waals surface area contributed by atoms with Gasteiger partial charge < -0.3 is 10.0 Å². The topological polar surface area (TPSA) is 53.4 Å². The van der Waals surface area contributed by atoms with Gasteiger partial charge in [0.2, 0.25) is 5.91 Å². The molecule has 1 aliphatic heterocycles. The van der Waals surface area contributed by atoms with Gasteiger partial charge in [0, 0.05) is 24.9 Å². The summed E-state index contributed by atoms with van der Waals surface area (Å²) < 4.78 is 0. The molecule has 0 radical (unpaired) electrons. The zero-order valence-corrected chi connectivity index (χ0v) is 9.88. The van der Waals surface area contributed by atoms with Crippen LogP contribution in [-0.2, 0) is 11.2 Å². The minimum Gasteiger partial charge on any atom is -0.394 e. The summed E-state index contributed by atoms with van der Waals surface area (Å²) in [5.41, 5.74) is 0.945. The monoisotopic (exact) mass is 234 g/mol. The molecule has 0 aliphatic carbocycles. The van der Waals surface area contributed by atoms with Crippen molar-refractivity contribution in [2.75, 3.05) is 13.2 Å². The number of likely N-dealkylation sites (tertiary alicyclic amines) is 1. The van der Waals surface area contributed by atoms with Crippen LogP contribution in [0.25, 0.3) is 0 Å². The Morgan fingerprint density at radius 3 is 3.12 bits per heavy atom. The number of aliphatic hydroxyl groups is 1. The van der Waals surface area contributed by atoms with Gasteiger partial charge in [-0.15, -0.1) is 0 Å². The lowest BCUT2D eigenvalue weighted by Gasteiger charge is -2.22. The van der Waals surface area contributed by atoms with Crippen LogP contribution in [0.3, 0.4) is 0 Å². The van der Waals surface area contributed by atoms with E-state index in [4.69, 9.17) is 5.11 Å². The van der Waals surface area contributed by atoms with Gasteiger partial charge in [-0.05, 0) is 31.4 Å². The Hall–Kier alpha value is -1.42. The number of hydrogen-bond acceptors (Lipinski definition) is 3. The van der Waals surface area contributed by atoms with E-state index in [1.807, 2.05) is 23.1 Å². The number of hydrogen-bond donors (Lipinski definition) is 1. The molecule has 1 atom stereocenters. The second kappa shape index (κ2) is 5.77. The van der Waals surface area contributed by atoms with E-state index in [0.717, 1.165) is 25.1 Å². The Morgan fingerprint density at radius 1 is 1.53 bits per heavy atom. The van der Waals surface area contributed by atoms with Crippen molar-refractivity contribution >= 4 is 5.91 Å². The van der Waals surface area contributed by atoms with Gasteiger partial charge in [0.15, 0.2) is 0 Å². The van der Waals surface area contributed by atoms with E-state index in [2.05, 4.69) is 4.98 Å². The highest BCUT2D eigenvalue weighted by molar-refractivity contribution is 5.77. The molecule has 1 N–H and O–H groups in total. The Labute approximate surface area is 101 Å². The number of aliphatic hydroxyl groups excluding tert-OH is 1. The first kappa shape index (κ1) is 12.0. The zero-order chi connectivity index (χ0) is 12.1. The molecule has 2 rings (SSSR count). The largest absolute Gasteiger partial charge is 0.394 e. The molecule has 1 saturated heterocycles. The number of nitrogens with zero attached hydrogens (tertiary/aromatic N) is 2. The predicted octanol–water partition coefficient (Wildman–Crippen LogP) is 0.998. The van der Waals surface area contributed by atoms with Gasteiger partial charge >= 0.3 is 0 Å². The van der Waals surface area contributed by atoms with Crippen molar-refractivity contribution in [2.45, 2.75) is 31.7 Å². The maximum absolute atomic E-state index is 12.0. The first-order valence-corrected chi connectivity index (χ1v) is 6.11. The average molecular weight is 234 g/mol. The lowest BCUT2D eigenvalue weighted by Crippen LogP contribution is -2.37. The van der Waals surface area contributed by atoms with Crippen LogP contribution in [0.1, 0.15) is 25.0 Å². The third-order valence-electron chi connectivity index (χ3n) is 3.23. The minimum atomic E-state index is 0.0335. The molecule has 0 bridgehead atoms. The van der Waals surface area contributed by atoms with Crippen LogP contribution in [-0.4, -0.2) is 40.1 Å². The van der Waals surface area contributed by atoms with E-state index in [0.29, 0.717) is 12.8 Å². The van der Waals surface area contributed by atoms with E-state index in [9.17, 15) is 4.79 Å². The highest BCUT2D eigenvalue weighted by Gasteiger charge is 2.27. The molecule has 1 fully saturated rings. The molecule has 4 heteroatoms. The molecule has 0 saturated carbocycles. The summed E-state index contributed by atoms with van der Waals surface area (Å²) in [5.74, 6) is 0.132. The van der Waals surface area contributed by atoms with Gasteiger partial charge in [-0.3, -0.25) is 9.78 Å². The number of aromatic nitrogens is 1. The molecule has 0 spiro atoms. The molecule has 17 heavy (non-hydrogen) atoms. The van der Waals surface area contributed by atoms with Crippen LogP contribution in [0.4, 0.5) is 0 Å². The molecular weight excluding hydrogens is 216 g/mol. The minimum absolute atomic E-state index is 0.0335. The van der Waals surface area contributed by atoms with Crippen molar-refractivity contribution < 1.29 is 9.90 Å². The van der Waals surface area contributed by atoms with Crippen LogP contribution in [0.5, 0.6) is 0 Å². The summed E-state index contributed by atoms with van der Waals surface area (Å²) in [6.45, 7) is 0.863. The molecule has 1 aromatic rings. The number of carbonyl (C=O) groups is 1. The lowest BCUT2D eigenvalue weighted by molar-refractivity contribution is -0.132. The fourth-order valence-electron chi connectivity index (χ4n) is 2.28. The molecule has 1 aliphatic rings. The van der Waals surface area contributed by atoms with Gasteiger partial charge in [-0.2, -0.15) is 0 Å². The first-order chi connectivity index (χ1) is 8.31. The zero-order valence-electron chi connectivity index (χ0n) is 9.88. The molecule has 0 aromatic carbocycles. The average Bonchev–Trinajstić information content (AvgIpc) is 2.85. The summed E-state index contributed by atoms with van der Waals surface area (Å²) in [7, 11) is 0. The Bertz CT molecular complexity index is 367. The summed E-state index contributed by atoms with van der Waals surface area (Å²) in [6, 6.07) is 5.76. The predicted molar refractivity (Wildman–Crippen MR) is 64.4 cm³/mol. The number of amides is 1. The van der Waals surface area contributed by atoms with Crippen LogP contribution >= 0.6 is 0 Å². The van der Waals surface area contributed by atoms with Crippen LogP contribution in [0.15, 0.2) is 24.4 Å². The van der Waals surface area contributed by atoms with Gasteiger partial charge in [0.05, 0.1) is 12.6 Å². The maximum Gasteiger partial charge on any atom is 0.223 e. The van der Waals surface area contributed by atoms with Crippen LogP contribution < -0.4 is 0 Å². The van der Waals surface area contributed by atoms with E-state index in [-0.39, 0.29) is 18.6 Å². The Balaban J connectivity index is 1.85. The summed E-state index contributed by atoms with van der Waals surface area (Å²) in [4.78, 5) is 18.0. The van der Waals surface area contributed by atoms with E-state index in [1.165, 1.54) is 0 Å². The summed E-state index contributed by atoms with van der Waals surface area (Å²) >= 11 is 0. The normalized spacial score (nSPS) is 19.6. The summed E-state index contributed by atoms with van der Waals surface area (Å²) in [6.07, 6.45) is 4.82. The molecule has 1 amide bonds. The lowest BCUT2D eigenvalue weighted by atomic mass is 10.2. The fraction of sp³-hybridized carbons (Fsp3) is 0.538. The molecule has 1 unspecified atom stereocenters. The quantitative estimate of drug-likeness (QED) is 0.845. The Morgan fingerprint density at radius 2 is 2.41 bits per heavy atom. The van der Waals surface area contributed by atoms with Crippen molar-refractivity contribution in [3.05, 3.63) is 30.1 Å². The van der Waals surface area contributed by atoms with Gasteiger partial charge in [0.1, 0.15) is 0 Å². The fourth-order valence-corrected chi connectivity index (χ4v) is 2.28. The SMILES string of the molecule is O=C(CCc1ccccn1)N1CCCC1CO. The summed E-state index contributed by atoms with van der Waals surface area (Å²) in [5, 5.41) is 9.16. The van der Waals surface area contributed by atoms with Gasteiger partial charge in [0.25, 0.3) is 0 Å². The van der Waals surface area contributed by atoms with E-state index in [1.54, 1.807) is 6.20 Å². The molecular formula is C13H18N2O2. The number of rotatable bonds is 4. The molecule has 92 valence electrons. The highest BCUT2D eigenvalue weighted by Crippen LogP contribution is 2.18. The van der Waals surface area contributed by atoms with Crippen LogP contribution in [0.2, 0.25) is 0 Å². The van der Waals surface area contributed by atoms with E-state index < -0.39 is 0 Å². The smallest absolute Gasteiger partial charge is 0.223 e. The van der Waals surface area contributed by atoms with Crippen molar-refractivity contribution in [3.63, 3.8) is 0 Å². The Kier molecular flexibility index (Phi) is 4.09. The highest BCUT2D eigenvalue weighted by atomic mass is 16.3. The third kappa shape index (κ3) is 3.03. The number of aryl methyl sites for hydroxylation is 1. The molecule has 2 heterocycles. The van der Waals surface area contributed by atoms with E-state index >= 15 is 0 Å². The first-order valence-electron chi connectivity index (χ1n) is 6.11. The second-order valence-electron chi connectivity index (χ2n) is 4.39. The van der Waals surface area contributed by atoms with Crippen LogP contribution in [0, 0.1) is 0 Å². The van der Waals surface area contributed by atoms with Gasteiger partial charge in [-0.25, -0.2) is 0 Å². The maximum atomic E-state index is 12.0. The van der Waals surface area contributed by atoms with Crippen molar-refractivity contribution in [3.8, 4) is 0 Å². The number of pyridine rings is 1. The second-order valence-corrected chi connectivity index (χ2v) is 4.39. The van der Waals surface area contributed by atoms with Crippen molar-refractivity contribution in [1.29, 1.82) is 0 Å². The molecule has 4 nitrogen and oxygen atoms in total. The standard InChI is InChI=1S/C13H18N2O2/c16-10-12-5-3-9-15(12)13(17)7-6-11-4-1-2-8-14-11/h1-2,4,8,12,16H,3,5-7,9-10H2. The van der Waals surface area contributed by atoms with Crippen molar-refractivity contribution in [1.82, 2.24) is 9.88 Å². The van der Waals surface area contributed by atoms with Crippen molar-refractivity contribution in [2.24, 2.45) is 0 Å². The number of carbonyl (C=O) groups excluding carboxylic acids is 1. The molecule has 1 aromatic heterocycles.